The van der Waals surface area contributed by atoms with Gasteiger partial charge in [0.1, 0.15) is 12.4 Å². The summed E-state index contributed by atoms with van der Waals surface area (Å²) in [6.07, 6.45) is 0. The molecule has 4 rings (SSSR count). The fourth-order valence-electron chi connectivity index (χ4n) is 2.86. The van der Waals surface area contributed by atoms with Gasteiger partial charge in [0.15, 0.2) is 11.5 Å². The second-order valence-electron chi connectivity index (χ2n) is 6.76. The molecule has 2 aromatic carbocycles. The van der Waals surface area contributed by atoms with Gasteiger partial charge in [-0.25, -0.2) is 0 Å². The number of amides is 1. The predicted octanol–water partition coefficient (Wildman–Crippen LogP) is 4.14. The van der Waals surface area contributed by atoms with Crippen LogP contribution in [0.2, 0.25) is 5.02 Å². The Hall–Kier alpha value is -2.91. The number of hydrogen-bond donors (Lipinski definition) is 0. The van der Waals surface area contributed by atoms with E-state index in [2.05, 4.69) is 10.2 Å². The maximum Gasteiger partial charge on any atom is 0.277 e. The van der Waals surface area contributed by atoms with Crippen LogP contribution in [0.5, 0.6) is 17.2 Å². The summed E-state index contributed by atoms with van der Waals surface area (Å²) in [5, 5.41) is 8.68. The second-order valence-corrected chi connectivity index (χ2v) is 8.49. The van der Waals surface area contributed by atoms with Crippen LogP contribution >= 0.6 is 23.4 Å². The first-order chi connectivity index (χ1) is 15.0. The van der Waals surface area contributed by atoms with Crippen molar-refractivity contribution >= 4 is 29.3 Å². The predicted molar refractivity (Wildman–Crippen MR) is 116 cm³/mol. The van der Waals surface area contributed by atoms with Crippen LogP contribution in [0.4, 0.5) is 0 Å². The highest BCUT2D eigenvalue weighted by atomic mass is 35.5. The lowest BCUT2D eigenvalue weighted by molar-refractivity contribution is -0.129. The minimum atomic E-state index is -0.398. The minimum Gasteiger partial charge on any atom is -0.492 e. The monoisotopic (exact) mass is 461 g/mol. The molecular weight excluding hydrogens is 442 g/mol. The number of carbonyl (C=O) groups is 1. The van der Waals surface area contributed by atoms with Gasteiger partial charge in [0.05, 0.1) is 11.8 Å². The first-order valence-electron chi connectivity index (χ1n) is 9.53. The second kappa shape index (κ2) is 9.49. The zero-order valence-corrected chi connectivity index (χ0v) is 18.5. The quantitative estimate of drug-likeness (QED) is 0.462. The van der Waals surface area contributed by atoms with Crippen LogP contribution in [0.25, 0.3) is 11.5 Å². The average molecular weight is 462 g/mol. The van der Waals surface area contributed by atoms with Crippen molar-refractivity contribution in [2.75, 3.05) is 27.0 Å². The molecule has 1 aromatic heterocycles. The lowest BCUT2D eigenvalue weighted by atomic mass is 10.2. The van der Waals surface area contributed by atoms with Gasteiger partial charge in [-0.05, 0) is 49.4 Å². The first kappa shape index (κ1) is 21.3. The Labute approximate surface area is 188 Å². The van der Waals surface area contributed by atoms with Crippen molar-refractivity contribution in [2.24, 2.45) is 0 Å². The van der Waals surface area contributed by atoms with Crippen LogP contribution in [0.3, 0.4) is 0 Å². The minimum absolute atomic E-state index is 0.0625. The summed E-state index contributed by atoms with van der Waals surface area (Å²) in [5.41, 5.74) is 0.721. The molecular formula is C21H20ClN3O5S. The number of nitrogens with zero attached hydrogens (tertiary/aromatic N) is 3. The van der Waals surface area contributed by atoms with Crippen molar-refractivity contribution in [3.8, 4) is 28.7 Å². The third-order valence-electron chi connectivity index (χ3n) is 4.54. The zero-order valence-electron chi connectivity index (χ0n) is 16.9. The number of ether oxygens (including phenoxy) is 3. The molecule has 31 heavy (non-hydrogen) atoms. The molecule has 0 radical (unpaired) electrons. The van der Waals surface area contributed by atoms with Gasteiger partial charge < -0.3 is 23.5 Å². The average Bonchev–Trinajstić information content (AvgIpc) is 3.43. The molecule has 162 valence electrons. The Morgan fingerprint density at radius 3 is 2.77 bits per heavy atom. The van der Waals surface area contributed by atoms with Gasteiger partial charge in [0.25, 0.3) is 5.22 Å². The molecule has 0 saturated heterocycles. The van der Waals surface area contributed by atoms with E-state index in [0.29, 0.717) is 46.5 Å². The van der Waals surface area contributed by atoms with E-state index in [-0.39, 0.29) is 12.7 Å². The van der Waals surface area contributed by atoms with Crippen LogP contribution in [0, 0.1) is 0 Å². The van der Waals surface area contributed by atoms with Crippen LogP contribution in [-0.4, -0.2) is 53.2 Å². The van der Waals surface area contributed by atoms with Gasteiger partial charge in [0.2, 0.25) is 18.6 Å². The highest BCUT2D eigenvalue weighted by Gasteiger charge is 2.22. The first-order valence-corrected chi connectivity index (χ1v) is 10.8. The molecule has 0 saturated carbocycles. The molecule has 0 fully saturated rings. The molecule has 0 N–H and O–H groups in total. The fourth-order valence-corrected chi connectivity index (χ4v) is 3.78. The molecule has 1 aliphatic rings. The number of halogens is 1. The van der Waals surface area contributed by atoms with Crippen molar-refractivity contribution < 1.29 is 23.4 Å². The summed E-state index contributed by atoms with van der Waals surface area (Å²) in [5.74, 6) is 2.31. The number of benzene rings is 2. The lowest BCUT2D eigenvalue weighted by Crippen LogP contribution is -2.36. The van der Waals surface area contributed by atoms with Crippen LogP contribution in [0.15, 0.2) is 52.1 Å². The molecule has 2 heterocycles. The van der Waals surface area contributed by atoms with E-state index in [1.807, 2.05) is 6.07 Å². The van der Waals surface area contributed by atoms with E-state index in [0.717, 1.165) is 5.56 Å². The van der Waals surface area contributed by atoms with Crippen LogP contribution in [0.1, 0.15) is 6.92 Å². The summed E-state index contributed by atoms with van der Waals surface area (Å²) in [6, 6.07) is 12.5. The summed E-state index contributed by atoms with van der Waals surface area (Å²) in [7, 11) is 1.73. The number of carbonyl (C=O) groups excluding carboxylic acids is 1. The maximum atomic E-state index is 12.7. The third-order valence-corrected chi connectivity index (χ3v) is 5.71. The van der Waals surface area contributed by atoms with Crippen molar-refractivity contribution in [1.29, 1.82) is 0 Å². The number of likely N-dealkylation sites (N-methyl/N-ethyl adjacent to an activating group) is 1. The van der Waals surface area contributed by atoms with Crippen LogP contribution in [-0.2, 0) is 4.79 Å². The molecule has 3 aromatic rings. The summed E-state index contributed by atoms with van der Waals surface area (Å²) >= 11 is 7.07. The number of thioether (sulfide) groups is 1. The normalized spacial score (nSPS) is 13.1. The molecule has 1 amide bonds. The van der Waals surface area contributed by atoms with E-state index in [1.54, 1.807) is 55.3 Å². The Bertz CT molecular complexity index is 1060. The Morgan fingerprint density at radius 1 is 1.19 bits per heavy atom. The van der Waals surface area contributed by atoms with Crippen LogP contribution < -0.4 is 14.2 Å². The number of hydrogen-bond acceptors (Lipinski definition) is 8. The van der Waals surface area contributed by atoms with Gasteiger partial charge in [-0.2, -0.15) is 0 Å². The molecule has 0 aliphatic carbocycles. The summed E-state index contributed by atoms with van der Waals surface area (Å²) in [4.78, 5) is 14.3. The largest absolute Gasteiger partial charge is 0.492 e. The zero-order chi connectivity index (χ0) is 21.8. The van der Waals surface area contributed by atoms with E-state index in [9.17, 15) is 4.79 Å². The number of aromatic nitrogens is 2. The highest BCUT2D eigenvalue weighted by molar-refractivity contribution is 8.00. The molecule has 1 aliphatic heterocycles. The van der Waals surface area contributed by atoms with Gasteiger partial charge in [-0.15, -0.1) is 10.2 Å². The molecule has 8 nitrogen and oxygen atoms in total. The van der Waals surface area contributed by atoms with Gasteiger partial charge >= 0.3 is 0 Å². The van der Waals surface area contributed by atoms with Crippen molar-refractivity contribution in [1.82, 2.24) is 15.1 Å². The van der Waals surface area contributed by atoms with E-state index in [4.69, 9.17) is 30.2 Å². The molecule has 0 spiro atoms. The van der Waals surface area contributed by atoms with E-state index in [1.165, 1.54) is 11.8 Å². The smallest absolute Gasteiger partial charge is 0.277 e. The molecule has 1 atom stereocenters. The third kappa shape index (κ3) is 5.23. The van der Waals surface area contributed by atoms with Crippen molar-refractivity contribution in [3.05, 3.63) is 47.5 Å². The Kier molecular flexibility index (Phi) is 6.53. The van der Waals surface area contributed by atoms with Crippen molar-refractivity contribution in [3.63, 3.8) is 0 Å². The summed E-state index contributed by atoms with van der Waals surface area (Å²) < 4.78 is 22.0. The van der Waals surface area contributed by atoms with E-state index >= 15 is 0 Å². The molecule has 10 heteroatoms. The van der Waals surface area contributed by atoms with Gasteiger partial charge in [0, 0.05) is 17.6 Å². The SMILES string of the molecule is CC(Sc1nnc(-c2ccc3c(c2)OCO3)o1)C(=O)N(C)CCOc1ccc(Cl)cc1. The highest BCUT2D eigenvalue weighted by Crippen LogP contribution is 2.36. The van der Waals surface area contributed by atoms with E-state index < -0.39 is 5.25 Å². The molecule has 1 unspecified atom stereocenters. The van der Waals surface area contributed by atoms with Crippen molar-refractivity contribution in [2.45, 2.75) is 17.4 Å². The van der Waals surface area contributed by atoms with Gasteiger partial charge in [-0.1, -0.05) is 23.4 Å². The number of fused-ring (bicyclic) bond motifs is 1. The Balaban J connectivity index is 1.29. The standard InChI is InChI=1S/C21H20ClN3O5S/c1-13(20(26)25(2)9-10-27-16-6-4-15(22)5-7-16)31-21-24-23-19(30-21)14-3-8-17-18(11-14)29-12-28-17/h3-8,11,13H,9-10,12H2,1-2H3. The topological polar surface area (TPSA) is 86.9 Å². The lowest BCUT2D eigenvalue weighted by Gasteiger charge is -2.20. The fraction of sp³-hybridized carbons (Fsp3) is 0.286. The number of rotatable bonds is 8. The van der Waals surface area contributed by atoms with Gasteiger partial charge in [-0.3, -0.25) is 4.79 Å². The maximum absolute atomic E-state index is 12.7. The summed E-state index contributed by atoms with van der Waals surface area (Å²) in [6.45, 7) is 2.81. The molecule has 0 bridgehead atoms. The Morgan fingerprint density at radius 2 is 1.97 bits per heavy atom.